The summed E-state index contributed by atoms with van der Waals surface area (Å²) in [5, 5.41) is 2.55. The molecule has 4 nitrogen and oxygen atoms in total. The van der Waals surface area contributed by atoms with Crippen LogP contribution in [0.25, 0.3) is 16.8 Å². The Labute approximate surface area is 210 Å². The SMILES string of the molecule is O=C1S/C(=C/c2cccc(OCc3cccc4ccccc34)c2)C(=O)N1c1ccc(Cl)c(Cl)c1. The lowest BCUT2D eigenvalue weighted by molar-refractivity contribution is -0.113. The van der Waals surface area contributed by atoms with Crippen molar-refractivity contribution in [3.63, 3.8) is 0 Å². The van der Waals surface area contributed by atoms with E-state index in [2.05, 4.69) is 18.2 Å². The van der Waals surface area contributed by atoms with Crippen LogP contribution in [-0.4, -0.2) is 11.1 Å². The quantitative estimate of drug-likeness (QED) is 0.258. The van der Waals surface area contributed by atoms with Crippen molar-refractivity contribution >= 4 is 68.6 Å². The van der Waals surface area contributed by atoms with E-state index < -0.39 is 11.1 Å². The molecule has 0 unspecified atom stereocenters. The molecule has 1 aliphatic heterocycles. The van der Waals surface area contributed by atoms with Crippen LogP contribution in [0.5, 0.6) is 5.75 Å². The molecule has 1 aliphatic rings. The Morgan fingerprint density at radius 2 is 1.65 bits per heavy atom. The highest BCUT2D eigenvalue weighted by atomic mass is 35.5. The second kappa shape index (κ2) is 9.55. The fraction of sp³-hybridized carbons (Fsp3) is 0.0370. The minimum Gasteiger partial charge on any atom is -0.489 e. The van der Waals surface area contributed by atoms with Crippen molar-refractivity contribution in [2.75, 3.05) is 4.90 Å². The second-order valence-electron chi connectivity index (χ2n) is 7.61. The van der Waals surface area contributed by atoms with E-state index in [4.69, 9.17) is 27.9 Å². The number of hydrogen-bond acceptors (Lipinski definition) is 4. The van der Waals surface area contributed by atoms with E-state index in [9.17, 15) is 9.59 Å². The molecule has 0 radical (unpaired) electrons. The number of carbonyl (C=O) groups excluding carboxylic acids is 2. The molecule has 0 spiro atoms. The molecule has 1 heterocycles. The summed E-state index contributed by atoms with van der Waals surface area (Å²) in [5.74, 6) is 0.265. The fourth-order valence-corrected chi connectivity index (χ4v) is 4.87. The lowest BCUT2D eigenvalue weighted by Crippen LogP contribution is -2.27. The van der Waals surface area contributed by atoms with E-state index in [-0.39, 0.29) is 5.02 Å². The number of halogens is 2. The van der Waals surface area contributed by atoms with Gasteiger partial charge in [0.25, 0.3) is 11.1 Å². The molecule has 7 heteroatoms. The summed E-state index contributed by atoms with van der Waals surface area (Å²) in [6.07, 6.45) is 1.69. The second-order valence-corrected chi connectivity index (χ2v) is 9.42. The number of anilines is 1. The lowest BCUT2D eigenvalue weighted by atomic mass is 10.1. The minimum absolute atomic E-state index is 0.276. The van der Waals surface area contributed by atoms with Gasteiger partial charge in [0, 0.05) is 0 Å². The van der Waals surface area contributed by atoms with Gasteiger partial charge in [-0.1, -0.05) is 77.8 Å². The van der Waals surface area contributed by atoms with Gasteiger partial charge in [-0.2, -0.15) is 0 Å². The van der Waals surface area contributed by atoms with Crippen LogP contribution in [0.4, 0.5) is 10.5 Å². The number of ether oxygens (including phenoxy) is 1. The Hall–Kier alpha value is -3.25. The Bertz CT molecular complexity index is 1460. The maximum Gasteiger partial charge on any atom is 0.298 e. The normalized spacial score (nSPS) is 14.9. The van der Waals surface area contributed by atoms with Gasteiger partial charge in [-0.3, -0.25) is 9.59 Å². The molecule has 34 heavy (non-hydrogen) atoms. The zero-order valence-corrected chi connectivity index (χ0v) is 20.0. The molecule has 4 aromatic carbocycles. The van der Waals surface area contributed by atoms with Crippen molar-refractivity contribution in [3.05, 3.63) is 111 Å². The van der Waals surface area contributed by atoms with E-state index in [0.29, 0.717) is 28.0 Å². The van der Waals surface area contributed by atoms with Gasteiger partial charge in [0.05, 0.1) is 20.6 Å². The van der Waals surface area contributed by atoms with Crippen molar-refractivity contribution in [1.82, 2.24) is 0 Å². The van der Waals surface area contributed by atoms with Crippen molar-refractivity contribution in [3.8, 4) is 5.75 Å². The summed E-state index contributed by atoms with van der Waals surface area (Å²) in [6, 6.07) is 26.4. The molecule has 2 amide bonds. The van der Waals surface area contributed by atoms with E-state index in [1.54, 1.807) is 18.2 Å². The van der Waals surface area contributed by atoms with Gasteiger partial charge in [0.1, 0.15) is 12.4 Å². The highest BCUT2D eigenvalue weighted by Gasteiger charge is 2.36. The molecule has 0 bridgehead atoms. The number of imide groups is 1. The summed E-state index contributed by atoms with van der Waals surface area (Å²) < 4.78 is 6.04. The molecule has 168 valence electrons. The summed E-state index contributed by atoms with van der Waals surface area (Å²) >= 11 is 12.9. The Balaban J connectivity index is 1.35. The zero-order chi connectivity index (χ0) is 23.7. The van der Waals surface area contributed by atoms with Crippen LogP contribution in [0.1, 0.15) is 11.1 Å². The van der Waals surface area contributed by atoms with E-state index in [0.717, 1.165) is 38.6 Å². The molecule has 5 rings (SSSR count). The van der Waals surface area contributed by atoms with Crippen LogP contribution in [0, 0.1) is 0 Å². The van der Waals surface area contributed by atoms with Crippen molar-refractivity contribution in [1.29, 1.82) is 0 Å². The number of hydrogen-bond donors (Lipinski definition) is 0. The minimum atomic E-state index is -0.407. The predicted octanol–water partition coefficient (Wildman–Crippen LogP) is 7.97. The number of thioether (sulfide) groups is 1. The van der Waals surface area contributed by atoms with Gasteiger partial charge in [0.2, 0.25) is 0 Å². The first kappa shape index (κ1) is 22.5. The summed E-state index contributed by atoms with van der Waals surface area (Å²) in [5.41, 5.74) is 2.23. The van der Waals surface area contributed by atoms with Crippen LogP contribution in [0.15, 0.2) is 89.8 Å². The third-order valence-corrected chi connectivity index (χ3v) is 6.99. The Morgan fingerprint density at radius 1 is 0.853 bits per heavy atom. The molecule has 0 N–H and O–H groups in total. The van der Waals surface area contributed by atoms with Gasteiger partial charge in [-0.05, 0) is 70.1 Å². The van der Waals surface area contributed by atoms with Crippen molar-refractivity contribution in [2.24, 2.45) is 0 Å². The molecule has 4 aromatic rings. The average molecular weight is 506 g/mol. The van der Waals surface area contributed by atoms with E-state index in [1.165, 1.54) is 6.07 Å². The average Bonchev–Trinajstić information content (AvgIpc) is 3.12. The molecular formula is C27H17Cl2NO3S. The molecule has 0 atom stereocenters. The number of nitrogens with zero attached hydrogens (tertiary/aromatic N) is 1. The smallest absolute Gasteiger partial charge is 0.298 e. The van der Waals surface area contributed by atoms with Crippen LogP contribution in [0.3, 0.4) is 0 Å². The first-order chi connectivity index (χ1) is 16.5. The monoisotopic (exact) mass is 505 g/mol. The van der Waals surface area contributed by atoms with Crippen LogP contribution in [-0.2, 0) is 11.4 Å². The molecule has 1 saturated heterocycles. The molecule has 0 saturated carbocycles. The predicted molar refractivity (Wildman–Crippen MR) is 140 cm³/mol. The largest absolute Gasteiger partial charge is 0.489 e. The van der Waals surface area contributed by atoms with Gasteiger partial charge in [-0.25, -0.2) is 4.90 Å². The molecule has 1 fully saturated rings. The summed E-state index contributed by atoms with van der Waals surface area (Å²) in [4.78, 5) is 26.9. The summed E-state index contributed by atoms with van der Waals surface area (Å²) in [7, 11) is 0. The highest BCUT2D eigenvalue weighted by Crippen LogP contribution is 2.38. The van der Waals surface area contributed by atoms with Gasteiger partial charge in [0.15, 0.2) is 0 Å². The third kappa shape index (κ3) is 4.55. The number of benzene rings is 4. The molecular weight excluding hydrogens is 489 g/mol. The number of fused-ring (bicyclic) bond motifs is 1. The highest BCUT2D eigenvalue weighted by molar-refractivity contribution is 8.19. The Morgan fingerprint density at radius 3 is 2.50 bits per heavy atom. The van der Waals surface area contributed by atoms with Crippen LogP contribution < -0.4 is 9.64 Å². The van der Waals surface area contributed by atoms with Crippen molar-refractivity contribution in [2.45, 2.75) is 6.61 Å². The van der Waals surface area contributed by atoms with Gasteiger partial charge < -0.3 is 4.74 Å². The van der Waals surface area contributed by atoms with E-state index >= 15 is 0 Å². The standard InChI is InChI=1S/C27H17Cl2NO3S/c28-23-12-11-20(15-24(23)29)30-26(31)25(34-27(30)32)14-17-5-3-9-21(13-17)33-16-19-8-4-7-18-6-1-2-10-22(18)19/h1-15H,16H2/b25-14+. The number of amides is 2. The van der Waals surface area contributed by atoms with Crippen molar-refractivity contribution < 1.29 is 14.3 Å². The van der Waals surface area contributed by atoms with Crippen LogP contribution in [0.2, 0.25) is 10.0 Å². The maximum absolute atomic E-state index is 12.9. The summed E-state index contributed by atoms with van der Waals surface area (Å²) in [6.45, 7) is 0.415. The fourth-order valence-electron chi connectivity index (χ4n) is 3.74. The third-order valence-electron chi connectivity index (χ3n) is 5.39. The first-order valence-corrected chi connectivity index (χ1v) is 12.0. The topological polar surface area (TPSA) is 46.6 Å². The van der Waals surface area contributed by atoms with Gasteiger partial charge >= 0.3 is 0 Å². The maximum atomic E-state index is 12.9. The molecule has 0 aromatic heterocycles. The Kier molecular flexibility index (Phi) is 6.33. The first-order valence-electron chi connectivity index (χ1n) is 10.4. The van der Waals surface area contributed by atoms with Crippen LogP contribution >= 0.6 is 35.0 Å². The molecule has 0 aliphatic carbocycles. The van der Waals surface area contributed by atoms with E-state index in [1.807, 2.05) is 48.5 Å². The number of rotatable bonds is 5. The lowest BCUT2D eigenvalue weighted by Gasteiger charge is -2.13. The van der Waals surface area contributed by atoms with Gasteiger partial charge in [-0.15, -0.1) is 0 Å². The zero-order valence-electron chi connectivity index (χ0n) is 17.7. The number of carbonyl (C=O) groups is 2.